The van der Waals surface area contributed by atoms with Crippen molar-refractivity contribution in [2.24, 2.45) is 11.5 Å². The summed E-state index contributed by atoms with van der Waals surface area (Å²) in [4.78, 5) is 30.6. The van der Waals surface area contributed by atoms with Crippen LogP contribution in [0, 0.1) is 0 Å². The van der Waals surface area contributed by atoms with Crippen molar-refractivity contribution in [3.63, 3.8) is 0 Å². The van der Waals surface area contributed by atoms with E-state index in [1.807, 2.05) is 12.1 Å². The van der Waals surface area contributed by atoms with Gasteiger partial charge in [0.15, 0.2) is 0 Å². The molecule has 0 fully saturated rings. The van der Waals surface area contributed by atoms with Gasteiger partial charge in [0.25, 0.3) is 0 Å². The number of halogens is 7. The number of nitrogens with zero attached hydrogens (tertiary/aromatic N) is 2. The number of hydrogen-bond donors (Lipinski definition) is 6. The fraction of sp³-hybridized carbons (Fsp3) is 0.294. The number of aromatic nitrogens is 2. The summed E-state index contributed by atoms with van der Waals surface area (Å²) in [6.45, 7) is 7.45. The van der Waals surface area contributed by atoms with Crippen molar-refractivity contribution in [2.75, 3.05) is 0 Å². The Morgan fingerprint density at radius 1 is 0.712 bits per heavy atom. The van der Waals surface area contributed by atoms with E-state index in [4.69, 9.17) is 21.5 Å². The minimum absolute atomic E-state index is 0.0859. The quantitative estimate of drug-likeness (QED) is 0.0989. The second-order valence-corrected chi connectivity index (χ2v) is 13.1. The van der Waals surface area contributed by atoms with Crippen LogP contribution in [0.2, 0.25) is 0 Å². The first-order valence-corrected chi connectivity index (χ1v) is 16.1. The number of primary amides is 2. The monoisotopic (exact) mass is 798 g/mol. The normalized spacial score (nSPS) is 11.8. The molecule has 2 amide bonds. The van der Waals surface area contributed by atoms with Crippen molar-refractivity contribution in [2.45, 2.75) is 64.2 Å². The van der Waals surface area contributed by atoms with E-state index >= 15 is 0 Å². The Kier molecular flexibility index (Phi) is 15.5. The predicted molar refractivity (Wildman–Crippen MR) is 188 cm³/mol. The molecule has 0 aliphatic rings. The van der Waals surface area contributed by atoms with Gasteiger partial charge in [-0.2, -0.15) is 26.3 Å². The molecule has 4 aromatic rings. The summed E-state index contributed by atoms with van der Waals surface area (Å²) in [5.41, 5.74) is 8.46. The van der Waals surface area contributed by atoms with E-state index in [-0.39, 0.29) is 18.0 Å². The maximum atomic E-state index is 13.1. The van der Waals surface area contributed by atoms with Crippen LogP contribution in [-0.2, 0) is 35.0 Å². The molecular formula is C34H38BBrF6N6O4. The summed E-state index contributed by atoms with van der Waals surface area (Å²) in [5, 5.41) is 23.2. The van der Waals surface area contributed by atoms with Crippen LogP contribution in [0.3, 0.4) is 0 Å². The molecule has 0 unspecified atom stereocenters. The molecule has 0 aliphatic heterocycles. The highest BCUT2D eigenvalue weighted by Crippen LogP contribution is 2.37. The first kappa shape index (κ1) is 43.8. The average Bonchev–Trinajstić information content (AvgIpc) is 3.06. The number of carbonyl (C=O) groups excluding carboxylic acids is 2. The number of alkyl halides is 6. The molecule has 280 valence electrons. The molecule has 10 nitrogen and oxygen atoms in total. The van der Waals surface area contributed by atoms with E-state index in [1.54, 1.807) is 46.0 Å². The van der Waals surface area contributed by atoms with Crippen LogP contribution >= 0.6 is 15.9 Å². The number of carbonyl (C=O) groups is 2. The van der Waals surface area contributed by atoms with Gasteiger partial charge in [-0.15, -0.1) is 0 Å². The number of amides is 2. The Labute approximate surface area is 305 Å². The molecule has 2 aromatic carbocycles. The molecule has 0 aliphatic carbocycles. The summed E-state index contributed by atoms with van der Waals surface area (Å²) in [5.74, 6) is -0.904. The predicted octanol–water partition coefficient (Wildman–Crippen LogP) is 4.70. The summed E-state index contributed by atoms with van der Waals surface area (Å²) < 4.78 is 77.0. The van der Waals surface area contributed by atoms with Gasteiger partial charge in [-0.1, -0.05) is 58.4 Å². The van der Waals surface area contributed by atoms with Gasteiger partial charge in [0.2, 0.25) is 11.8 Å². The van der Waals surface area contributed by atoms with E-state index in [0.29, 0.717) is 17.8 Å². The molecule has 2 aromatic heterocycles. The van der Waals surface area contributed by atoms with Gasteiger partial charge in [-0.3, -0.25) is 30.2 Å². The Morgan fingerprint density at radius 3 is 1.60 bits per heavy atom. The molecule has 0 spiro atoms. The van der Waals surface area contributed by atoms with Gasteiger partial charge < -0.3 is 21.5 Å². The lowest BCUT2D eigenvalue weighted by molar-refractivity contribution is -0.137. The van der Waals surface area contributed by atoms with Crippen LogP contribution in [0.1, 0.15) is 50.2 Å². The van der Waals surface area contributed by atoms with Crippen LogP contribution in [-0.4, -0.2) is 50.0 Å². The highest BCUT2D eigenvalue weighted by atomic mass is 79.9. The van der Waals surface area contributed by atoms with Crippen LogP contribution in [0.4, 0.5) is 26.3 Å². The second-order valence-electron chi connectivity index (χ2n) is 12.2. The van der Waals surface area contributed by atoms with Crippen molar-refractivity contribution in [1.82, 2.24) is 20.6 Å². The smallest absolute Gasteiger partial charge is 0.423 e. The molecule has 0 atom stereocenters. The fourth-order valence-electron chi connectivity index (χ4n) is 4.05. The zero-order valence-electron chi connectivity index (χ0n) is 28.5. The molecule has 0 saturated carbocycles. The van der Waals surface area contributed by atoms with E-state index in [1.165, 1.54) is 36.5 Å². The fourth-order valence-corrected chi connectivity index (χ4v) is 4.43. The molecule has 0 saturated heterocycles. The van der Waals surface area contributed by atoms with Crippen molar-refractivity contribution < 1.29 is 46.0 Å². The Hall–Kier alpha value is -4.36. The lowest BCUT2D eigenvalue weighted by atomic mass is 9.77. The molecule has 4 rings (SSSR count). The molecule has 0 bridgehead atoms. The van der Waals surface area contributed by atoms with Gasteiger partial charge >= 0.3 is 19.5 Å². The zero-order valence-corrected chi connectivity index (χ0v) is 30.1. The minimum atomic E-state index is -4.56. The molecule has 8 N–H and O–H groups in total. The van der Waals surface area contributed by atoms with Crippen molar-refractivity contribution in [3.05, 3.63) is 112 Å². The van der Waals surface area contributed by atoms with Crippen LogP contribution in [0.25, 0.3) is 11.1 Å². The van der Waals surface area contributed by atoms with E-state index < -0.39 is 53.0 Å². The Bertz CT molecular complexity index is 1810. The number of nitrogens with one attached hydrogen (secondary N) is 2. The maximum Gasteiger partial charge on any atom is 0.489 e. The second kappa shape index (κ2) is 18.4. The van der Waals surface area contributed by atoms with Crippen molar-refractivity contribution >= 4 is 40.3 Å². The molecule has 18 heteroatoms. The summed E-state index contributed by atoms with van der Waals surface area (Å²) >= 11 is 3.35. The van der Waals surface area contributed by atoms with Crippen LogP contribution < -0.4 is 27.6 Å². The Morgan fingerprint density at radius 2 is 1.15 bits per heavy atom. The summed E-state index contributed by atoms with van der Waals surface area (Å²) in [6, 6.07) is 16.5. The Balaban J connectivity index is 0.000000288. The van der Waals surface area contributed by atoms with Gasteiger partial charge in [-0.25, -0.2) is 0 Å². The summed E-state index contributed by atoms with van der Waals surface area (Å²) in [6.07, 6.45) is -5.85. The highest BCUT2D eigenvalue weighted by molar-refractivity contribution is 9.10. The lowest BCUT2D eigenvalue weighted by Gasteiger charge is -2.22. The van der Waals surface area contributed by atoms with Crippen LogP contribution in [0.15, 0.2) is 89.7 Å². The van der Waals surface area contributed by atoms with Crippen LogP contribution in [0.5, 0.6) is 0 Å². The third kappa shape index (κ3) is 13.6. The van der Waals surface area contributed by atoms with E-state index in [2.05, 4.69) is 36.5 Å². The third-order valence-electron chi connectivity index (χ3n) is 7.34. The lowest BCUT2D eigenvalue weighted by Crippen LogP contribution is -2.50. The SMILES string of the molecule is CC(C)(NCc1cc(-c2ccccc2C(F)(F)F)ccn1)C(N)=O.CC(C)(NCc1cc(Br)ccn1)C(N)=O.OB(O)c1ccccc1C(F)(F)F. The number of rotatable bonds is 10. The largest absolute Gasteiger partial charge is 0.489 e. The standard InChI is InChI=1S/C17H18F3N3O.C10H14BrN3O.C7H6BF3O2/c1-16(2,15(21)24)23-10-12-9-11(7-8-22-12)13-5-3-4-6-14(13)17(18,19)20;1-10(2,9(12)15)14-6-8-5-7(11)3-4-13-8;9-7(10,11)5-3-1-2-4-6(5)8(12)13/h3-9,23H,10H2,1-2H3,(H2,21,24);3-5,14H,6H2,1-2H3,(H2,12,15);1-4,12-13H. The van der Waals surface area contributed by atoms with Crippen molar-refractivity contribution in [3.8, 4) is 11.1 Å². The topological polar surface area (TPSA) is 176 Å². The van der Waals surface area contributed by atoms with Gasteiger partial charge in [0, 0.05) is 30.0 Å². The minimum Gasteiger partial charge on any atom is -0.423 e. The first-order valence-electron chi connectivity index (χ1n) is 15.3. The molecule has 52 heavy (non-hydrogen) atoms. The van der Waals surface area contributed by atoms with Crippen molar-refractivity contribution in [1.29, 1.82) is 0 Å². The molecule has 0 radical (unpaired) electrons. The van der Waals surface area contributed by atoms with Gasteiger partial charge in [0.05, 0.1) is 33.6 Å². The zero-order chi connectivity index (χ0) is 39.5. The number of hydrogen-bond acceptors (Lipinski definition) is 8. The number of nitrogens with two attached hydrogens (primary N) is 2. The molecule has 2 heterocycles. The number of pyridine rings is 2. The number of benzene rings is 2. The molecular weight excluding hydrogens is 761 g/mol. The van der Waals surface area contributed by atoms with Gasteiger partial charge in [-0.05, 0) is 74.6 Å². The van der Waals surface area contributed by atoms with E-state index in [9.17, 15) is 35.9 Å². The maximum absolute atomic E-state index is 13.1. The summed E-state index contributed by atoms with van der Waals surface area (Å²) in [7, 11) is -2.10. The highest BCUT2D eigenvalue weighted by Gasteiger charge is 2.36. The third-order valence-corrected chi connectivity index (χ3v) is 7.83. The van der Waals surface area contributed by atoms with E-state index in [0.717, 1.165) is 28.4 Å². The average molecular weight is 799 g/mol. The first-order chi connectivity index (χ1) is 24.0. The van der Waals surface area contributed by atoms with Gasteiger partial charge in [0.1, 0.15) is 0 Å².